The van der Waals surface area contributed by atoms with Crippen LogP contribution in [0.15, 0.2) is 36.7 Å². The minimum absolute atomic E-state index is 0.481. The van der Waals surface area contributed by atoms with Gasteiger partial charge in [-0.1, -0.05) is 18.2 Å². The molecule has 3 heteroatoms. The molecule has 2 N–H and O–H groups in total. The summed E-state index contributed by atoms with van der Waals surface area (Å²) in [5.74, 6) is 0. The molecule has 0 aliphatic carbocycles. The number of hydrogen-bond acceptors (Lipinski definition) is 2. The van der Waals surface area contributed by atoms with Gasteiger partial charge in [0.2, 0.25) is 0 Å². The molecule has 0 aliphatic heterocycles. The predicted octanol–water partition coefficient (Wildman–Crippen LogP) is 2.25. The number of benzene rings is 1. The summed E-state index contributed by atoms with van der Waals surface area (Å²) in [4.78, 5) is 4.56. The molecule has 0 saturated heterocycles. The molecule has 0 saturated carbocycles. The zero-order chi connectivity index (χ0) is 11.1. The van der Waals surface area contributed by atoms with E-state index in [2.05, 4.69) is 36.2 Å². The second kappa shape index (κ2) is 3.32. The Morgan fingerprint density at radius 3 is 3.00 bits per heavy atom. The van der Waals surface area contributed by atoms with Gasteiger partial charge in [-0.3, -0.25) is 0 Å². The summed E-state index contributed by atoms with van der Waals surface area (Å²) in [6.45, 7) is 2.59. The molecule has 16 heavy (non-hydrogen) atoms. The Bertz CT molecular complexity index is 667. The number of nitrogens with zero attached hydrogens (tertiary/aromatic N) is 2. The van der Waals surface area contributed by atoms with E-state index in [4.69, 9.17) is 5.73 Å². The quantitative estimate of drug-likeness (QED) is 0.671. The summed E-state index contributed by atoms with van der Waals surface area (Å²) in [5.41, 5.74) is 8.79. The lowest BCUT2D eigenvalue weighted by Gasteiger charge is -2.03. The third-order valence-corrected chi connectivity index (χ3v) is 2.93. The third-order valence-electron chi connectivity index (χ3n) is 2.93. The van der Waals surface area contributed by atoms with Crippen molar-refractivity contribution in [1.82, 2.24) is 9.38 Å². The van der Waals surface area contributed by atoms with Crippen LogP contribution in [0.4, 0.5) is 0 Å². The van der Waals surface area contributed by atoms with E-state index in [0.717, 1.165) is 11.3 Å². The Kier molecular flexibility index (Phi) is 1.94. The topological polar surface area (TPSA) is 43.3 Å². The first-order chi connectivity index (χ1) is 7.79. The Hall–Kier alpha value is -1.87. The Labute approximate surface area is 93.5 Å². The zero-order valence-corrected chi connectivity index (χ0v) is 9.14. The summed E-state index contributed by atoms with van der Waals surface area (Å²) in [6, 6.07) is 8.40. The fourth-order valence-electron chi connectivity index (χ4n) is 2.14. The Morgan fingerprint density at radius 2 is 2.19 bits per heavy atom. The lowest BCUT2D eigenvalue weighted by Crippen LogP contribution is -1.95. The van der Waals surface area contributed by atoms with Gasteiger partial charge in [-0.2, -0.15) is 0 Å². The predicted molar refractivity (Wildman–Crippen MR) is 65.3 cm³/mol. The Balaban J connectivity index is 2.51. The smallest absolute Gasteiger partial charge is 0.145 e. The highest BCUT2D eigenvalue weighted by Crippen LogP contribution is 2.22. The van der Waals surface area contributed by atoms with E-state index < -0.39 is 0 Å². The zero-order valence-electron chi connectivity index (χ0n) is 9.14. The highest BCUT2D eigenvalue weighted by Gasteiger charge is 2.06. The van der Waals surface area contributed by atoms with Crippen molar-refractivity contribution in [2.24, 2.45) is 5.73 Å². The van der Waals surface area contributed by atoms with Crippen LogP contribution in [-0.2, 0) is 6.54 Å². The van der Waals surface area contributed by atoms with Gasteiger partial charge in [0.1, 0.15) is 5.65 Å². The summed E-state index contributed by atoms with van der Waals surface area (Å²) in [7, 11) is 0. The minimum Gasteiger partial charge on any atom is -0.325 e. The number of rotatable bonds is 1. The molecule has 0 aliphatic rings. The van der Waals surface area contributed by atoms with Crippen LogP contribution in [-0.4, -0.2) is 9.38 Å². The molecule has 3 rings (SSSR count). The maximum absolute atomic E-state index is 5.62. The number of hydrogen-bond donors (Lipinski definition) is 1. The van der Waals surface area contributed by atoms with E-state index in [1.165, 1.54) is 16.3 Å². The van der Waals surface area contributed by atoms with E-state index in [-0.39, 0.29) is 0 Å². The van der Waals surface area contributed by atoms with Crippen molar-refractivity contribution < 1.29 is 0 Å². The van der Waals surface area contributed by atoms with Crippen molar-refractivity contribution in [3.05, 3.63) is 47.9 Å². The van der Waals surface area contributed by atoms with Gasteiger partial charge in [-0.25, -0.2) is 4.98 Å². The van der Waals surface area contributed by atoms with E-state index in [1.54, 1.807) is 0 Å². The normalized spacial score (nSPS) is 11.4. The highest BCUT2D eigenvalue weighted by molar-refractivity contribution is 5.96. The number of imidazole rings is 1. The van der Waals surface area contributed by atoms with Crippen LogP contribution in [0.5, 0.6) is 0 Å². The molecule has 2 heterocycles. The van der Waals surface area contributed by atoms with Crippen LogP contribution < -0.4 is 5.73 Å². The van der Waals surface area contributed by atoms with Crippen LogP contribution in [0.2, 0.25) is 0 Å². The van der Waals surface area contributed by atoms with Gasteiger partial charge in [0.15, 0.2) is 0 Å². The summed E-state index contributed by atoms with van der Waals surface area (Å²) >= 11 is 0. The van der Waals surface area contributed by atoms with Gasteiger partial charge in [0, 0.05) is 24.3 Å². The molecular formula is C13H13N3. The van der Waals surface area contributed by atoms with Crippen molar-refractivity contribution in [1.29, 1.82) is 0 Å². The van der Waals surface area contributed by atoms with Gasteiger partial charge in [0.05, 0.1) is 5.69 Å². The highest BCUT2D eigenvalue weighted by atomic mass is 15.0. The SMILES string of the molecule is Cc1cccc2ccn3cc(CN)nc3c12. The Morgan fingerprint density at radius 1 is 1.31 bits per heavy atom. The van der Waals surface area contributed by atoms with E-state index >= 15 is 0 Å². The van der Waals surface area contributed by atoms with Gasteiger partial charge in [0.25, 0.3) is 0 Å². The van der Waals surface area contributed by atoms with Gasteiger partial charge in [-0.15, -0.1) is 0 Å². The fourth-order valence-corrected chi connectivity index (χ4v) is 2.14. The third kappa shape index (κ3) is 1.22. The molecule has 0 unspecified atom stereocenters. The first kappa shape index (κ1) is 9.36. The average Bonchev–Trinajstić information content (AvgIpc) is 2.72. The second-order valence-corrected chi connectivity index (χ2v) is 4.02. The minimum atomic E-state index is 0.481. The van der Waals surface area contributed by atoms with Crippen molar-refractivity contribution in [2.45, 2.75) is 13.5 Å². The molecular weight excluding hydrogens is 198 g/mol. The first-order valence-electron chi connectivity index (χ1n) is 5.35. The summed E-state index contributed by atoms with van der Waals surface area (Å²) in [5, 5.41) is 2.44. The molecule has 2 aromatic heterocycles. The number of fused-ring (bicyclic) bond motifs is 3. The van der Waals surface area contributed by atoms with Crippen molar-refractivity contribution in [2.75, 3.05) is 0 Å². The number of pyridine rings is 1. The molecule has 3 aromatic rings. The van der Waals surface area contributed by atoms with Crippen LogP contribution >= 0.6 is 0 Å². The van der Waals surface area contributed by atoms with E-state index in [0.29, 0.717) is 6.54 Å². The molecule has 3 nitrogen and oxygen atoms in total. The number of aromatic nitrogens is 2. The largest absolute Gasteiger partial charge is 0.325 e. The number of aryl methyl sites for hydroxylation is 1. The molecule has 80 valence electrons. The van der Waals surface area contributed by atoms with Crippen LogP contribution in [0.3, 0.4) is 0 Å². The standard InChI is InChI=1S/C13H13N3/c1-9-3-2-4-10-5-6-16-8-11(7-14)15-13(16)12(9)10/h2-6,8H,7,14H2,1H3. The van der Waals surface area contributed by atoms with Gasteiger partial charge >= 0.3 is 0 Å². The van der Waals surface area contributed by atoms with E-state index in [9.17, 15) is 0 Å². The molecule has 0 amide bonds. The molecule has 0 radical (unpaired) electrons. The summed E-state index contributed by atoms with van der Waals surface area (Å²) in [6.07, 6.45) is 4.02. The van der Waals surface area contributed by atoms with Crippen LogP contribution in [0.25, 0.3) is 16.4 Å². The molecule has 0 spiro atoms. The maximum Gasteiger partial charge on any atom is 0.145 e. The maximum atomic E-state index is 5.62. The molecule has 0 bridgehead atoms. The van der Waals surface area contributed by atoms with Crippen molar-refractivity contribution in [3.8, 4) is 0 Å². The van der Waals surface area contributed by atoms with Crippen molar-refractivity contribution in [3.63, 3.8) is 0 Å². The van der Waals surface area contributed by atoms with E-state index in [1.807, 2.05) is 16.8 Å². The average molecular weight is 211 g/mol. The van der Waals surface area contributed by atoms with Crippen LogP contribution in [0.1, 0.15) is 11.3 Å². The fraction of sp³-hybridized carbons (Fsp3) is 0.154. The monoisotopic (exact) mass is 211 g/mol. The number of nitrogens with two attached hydrogens (primary N) is 1. The second-order valence-electron chi connectivity index (χ2n) is 4.02. The molecule has 0 atom stereocenters. The van der Waals surface area contributed by atoms with Crippen LogP contribution in [0, 0.1) is 6.92 Å². The molecule has 0 fully saturated rings. The van der Waals surface area contributed by atoms with Gasteiger partial charge in [-0.05, 0) is 23.9 Å². The lowest BCUT2D eigenvalue weighted by atomic mass is 10.1. The van der Waals surface area contributed by atoms with Crippen molar-refractivity contribution >= 4 is 16.4 Å². The van der Waals surface area contributed by atoms with Gasteiger partial charge < -0.3 is 10.1 Å². The lowest BCUT2D eigenvalue weighted by molar-refractivity contribution is 1.02. The first-order valence-corrected chi connectivity index (χ1v) is 5.35. The summed E-state index contributed by atoms with van der Waals surface area (Å²) < 4.78 is 2.04. The molecule has 1 aromatic carbocycles.